The van der Waals surface area contributed by atoms with Gasteiger partial charge in [-0.3, -0.25) is 9.59 Å². The van der Waals surface area contributed by atoms with Gasteiger partial charge in [0.25, 0.3) is 5.91 Å². The molecular formula is C17H20ClNO3. The van der Waals surface area contributed by atoms with Crippen LogP contribution in [0.5, 0.6) is 5.75 Å². The zero-order valence-corrected chi connectivity index (χ0v) is 13.7. The summed E-state index contributed by atoms with van der Waals surface area (Å²) < 4.78 is 6.01. The van der Waals surface area contributed by atoms with Crippen LogP contribution in [0.2, 0.25) is 0 Å². The van der Waals surface area contributed by atoms with Crippen molar-refractivity contribution in [2.24, 2.45) is 0 Å². The molecule has 4 nitrogen and oxygen atoms in total. The Morgan fingerprint density at radius 2 is 2.09 bits per heavy atom. The average molecular weight is 322 g/mol. The summed E-state index contributed by atoms with van der Waals surface area (Å²) in [5, 5.41) is 0. The van der Waals surface area contributed by atoms with Crippen LogP contribution in [0, 0.1) is 0 Å². The summed E-state index contributed by atoms with van der Waals surface area (Å²) in [5.74, 6) is 0.234. The maximum Gasteiger partial charge on any atom is 0.271 e. The summed E-state index contributed by atoms with van der Waals surface area (Å²) in [4.78, 5) is 26.3. The number of hydrogen-bond donors (Lipinski definition) is 0. The third-order valence-corrected chi connectivity index (χ3v) is 4.33. The Morgan fingerprint density at radius 3 is 2.64 bits per heavy atom. The van der Waals surface area contributed by atoms with Gasteiger partial charge in [0.1, 0.15) is 5.75 Å². The highest BCUT2D eigenvalue weighted by molar-refractivity contribution is 6.30. The number of Topliss-reactive ketones (excluding diaryl/α,β-unsaturated/α-hetero) is 1. The van der Waals surface area contributed by atoms with E-state index in [0.29, 0.717) is 36.4 Å². The van der Waals surface area contributed by atoms with Crippen molar-refractivity contribution in [2.45, 2.75) is 32.3 Å². The second-order valence-electron chi connectivity index (χ2n) is 5.25. The summed E-state index contributed by atoms with van der Waals surface area (Å²) in [5.41, 5.74) is 0.215. The third-order valence-electron chi connectivity index (χ3n) is 4.09. The molecule has 0 N–H and O–H groups in total. The van der Waals surface area contributed by atoms with E-state index in [-0.39, 0.29) is 17.6 Å². The Balaban J connectivity index is 2.56. The van der Waals surface area contributed by atoms with Crippen molar-refractivity contribution in [1.29, 1.82) is 0 Å². The number of fused-ring (bicyclic) bond motifs is 1. The number of carbonyl (C=O) groups is 2. The highest BCUT2D eigenvalue weighted by Gasteiger charge is 2.45. The van der Waals surface area contributed by atoms with E-state index < -0.39 is 5.60 Å². The number of anilines is 1. The van der Waals surface area contributed by atoms with Crippen molar-refractivity contribution >= 4 is 29.0 Å². The predicted molar refractivity (Wildman–Crippen MR) is 88.0 cm³/mol. The molecular weight excluding hydrogens is 302 g/mol. The number of benzene rings is 1. The molecule has 1 aliphatic heterocycles. The largest absolute Gasteiger partial charge is 0.475 e. The SMILES string of the molecule is C=CCN1C(=O)C(CC)(CC)Oc2ccc(C(=O)CCl)cc21. The molecule has 118 valence electrons. The van der Waals surface area contributed by atoms with E-state index in [9.17, 15) is 9.59 Å². The molecule has 2 rings (SSSR count). The first-order chi connectivity index (χ1) is 10.5. The second-order valence-corrected chi connectivity index (χ2v) is 5.51. The molecule has 1 aliphatic rings. The minimum atomic E-state index is -0.853. The zero-order valence-electron chi connectivity index (χ0n) is 12.9. The first kappa shape index (κ1) is 16.6. The van der Waals surface area contributed by atoms with Gasteiger partial charge in [0, 0.05) is 12.1 Å². The van der Waals surface area contributed by atoms with E-state index in [4.69, 9.17) is 16.3 Å². The molecule has 22 heavy (non-hydrogen) atoms. The van der Waals surface area contributed by atoms with Gasteiger partial charge < -0.3 is 9.64 Å². The van der Waals surface area contributed by atoms with E-state index in [1.807, 2.05) is 13.8 Å². The molecule has 0 fully saturated rings. The maximum atomic E-state index is 12.9. The van der Waals surface area contributed by atoms with Crippen LogP contribution in [-0.2, 0) is 4.79 Å². The van der Waals surface area contributed by atoms with Crippen molar-refractivity contribution in [2.75, 3.05) is 17.3 Å². The number of hydrogen-bond acceptors (Lipinski definition) is 3. The van der Waals surface area contributed by atoms with Crippen molar-refractivity contribution < 1.29 is 14.3 Å². The van der Waals surface area contributed by atoms with Crippen LogP contribution >= 0.6 is 11.6 Å². The topological polar surface area (TPSA) is 46.6 Å². The Kier molecular flexibility index (Phi) is 4.91. The Hall–Kier alpha value is -1.81. The highest BCUT2D eigenvalue weighted by atomic mass is 35.5. The fourth-order valence-corrected chi connectivity index (χ4v) is 2.84. The number of carbonyl (C=O) groups excluding carboxylic acids is 2. The van der Waals surface area contributed by atoms with Crippen LogP contribution in [0.25, 0.3) is 0 Å². The molecule has 1 aromatic carbocycles. The lowest BCUT2D eigenvalue weighted by Gasteiger charge is -2.41. The van der Waals surface area contributed by atoms with Gasteiger partial charge in [0.05, 0.1) is 11.6 Å². The minimum absolute atomic E-state index is 0.0943. The molecule has 1 heterocycles. The zero-order chi connectivity index (χ0) is 16.3. The monoisotopic (exact) mass is 321 g/mol. The number of alkyl halides is 1. The van der Waals surface area contributed by atoms with Crippen molar-refractivity contribution in [3.05, 3.63) is 36.4 Å². The van der Waals surface area contributed by atoms with E-state index in [0.717, 1.165) is 0 Å². The number of amides is 1. The number of nitrogens with zero attached hydrogens (tertiary/aromatic N) is 1. The summed E-state index contributed by atoms with van der Waals surface area (Å²) in [6, 6.07) is 5.08. The lowest BCUT2D eigenvalue weighted by Crippen LogP contribution is -2.55. The molecule has 0 aliphatic carbocycles. The quantitative estimate of drug-likeness (QED) is 0.457. The molecule has 0 spiro atoms. The minimum Gasteiger partial charge on any atom is -0.475 e. The van der Waals surface area contributed by atoms with Gasteiger partial charge in [-0.15, -0.1) is 18.2 Å². The predicted octanol–water partition coefficient (Wildman–Crippen LogP) is 3.58. The highest BCUT2D eigenvalue weighted by Crippen LogP contribution is 2.41. The molecule has 0 saturated heterocycles. The van der Waals surface area contributed by atoms with Crippen LogP contribution in [0.3, 0.4) is 0 Å². The number of rotatable bonds is 6. The summed E-state index contributed by atoms with van der Waals surface area (Å²) in [6.07, 6.45) is 2.83. The number of ether oxygens (including phenoxy) is 1. The van der Waals surface area contributed by atoms with E-state index in [2.05, 4.69) is 6.58 Å². The molecule has 0 saturated carbocycles. The molecule has 1 amide bonds. The Bertz CT molecular complexity index is 608. The molecule has 0 aromatic heterocycles. The van der Waals surface area contributed by atoms with E-state index in [1.165, 1.54) is 0 Å². The first-order valence-corrected chi connectivity index (χ1v) is 7.91. The Morgan fingerprint density at radius 1 is 1.41 bits per heavy atom. The molecule has 0 atom stereocenters. The smallest absolute Gasteiger partial charge is 0.271 e. The van der Waals surface area contributed by atoms with E-state index in [1.54, 1.807) is 29.2 Å². The number of halogens is 1. The van der Waals surface area contributed by atoms with Crippen molar-refractivity contribution in [3.63, 3.8) is 0 Å². The lowest BCUT2D eigenvalue weighted by atomic mass is 9.92. The average Bonchev–Trinajstić information content (AvgIpc) is 2.56. The van der Waals surface area contributed by atoms with Gasteiger partial charge in [-0.1, -0.05) is 19.9 Å². The van der Waals surface area contributed by atoms with Gasteiger partial charge in [-0.25, -0.2) is 0 Å². The summed E-state index contributed by atoms with van der Waals surface area (Å²) >= 11 is 5.61. The number of ketones is 1. The van der Waals surface area contributed by atoms with E-state index >= 15 is 0 Å². The second kappa shape index (κ2) is 6.53. The molecule has 0 radical (unpaired) electrons. The fourth-order valence-electron chi connectivity index (χ4n) is 2.68. The molecule has 0 unspecified atom stereocenters. The maximum absolute atomic E-state index is 12.9. The Labute approximate surface area is 135 Å². The van der Waals surface area contributed by atoms with Gasteiger partial charge in [-0.05, 0) is 31.0 Å². The van der Waals surface area contributed by atoms with Crippen molar-refractivity contribution in [1.82, 2.24) is 0 Å². The fraction of sp³-hybridized carbons (Fsp3) is 0.412. The molecule has 0 bridgehead atoms. The standard InChI is InChI=1S/C17H20ClNO3/c1-4-9-19-13-10-12(14(20)11-18)7-8-15(13)22-17(5-2,6-3)16(19)21/h4,7-8,10H,1,5-6,9,11H2,2-3H3. The van der Waals surface area contributed by atoms with Crippen LogP contribution < -0.4 is 9.64 Å². The third kappa shape index (κ3) is 2.63. The van der Waals surface area contributed by atoms with Gasteiger partial charge in [-0.2, -0.15) is 0 Å². The molecule has 1 aromatic rings. The van der Waals surface area contributed by atoms with Gasteiger partial charge in [0.15, 0.2) is 11.4 Å². The van der Waals surface area contributed by atoms with Gasteiger partial charge >= 0.3 is 0 Å². The van der Waals surface area contributed by atoms with Gasteiger partial charge in [0.2, 0.25) is 0 Å². The first-order valence-electron chi connectivity index (χ1n) is 7.38. The van der Waals surface area contributed by atoms with Crippen LogP contribution in [0.15, 0.2) is 30.9 Å². The summed E-state index contributed by atoms with van der Waals surface area (Å²) in [7, 11) is 0. The normalized spacial score (nSPS) is 16.0. The van der Waals surface area contributed by atoms with Crippen molar-refractivity contribution in [3.8, 4) is 5.75 Å². The summed E-state index contributed by atoms with van der Waals surface area (Å²) in [6.45, 7) is 7.95. The van der Waals surface area contributed by atoms with Crippen LogP contribution in [0.4, 0.5) is 5.69 Å². The lowest BCUT2D eigenvalue weighted by molar-refractivity contribution is -0.136. The molecule has 5 heteroatoms. The van der Waals surface area contributed by atoms with Crippen LogP contribution in [0.1, 0.15) is 37.0 Å². The van der Waals surface area contributed by atoms with Crippen LogP contribution in [-0.4, -0.2) is 29.7 Å².